The lowest BCUT2D eigenvalue weighted by atomic mass is 10.2. The predicted molar refractivity (Wildman–Crippen MR) is 72.9 cm³/mol. The standard InChI is InChI=1S/C14H17N3O2/c1-11-15-4-6-17(11)7-5-16-12-2-3-13-14(10-12)19-9-8-18-13/h2-4,6,10,16H,5,7-9H2,1H3. The molecule has 1 aliphatic heterocycles. The second-order valence-corrected chi connectivity index (χ2v) is 4.45. The van der Waals surface area contributed by atoms with Crippen LogP contribution < -0.4 is 14.8 Å². The van der Waals surface area contributed by atoms with Crippen molar-refractivity contribution in [3.63, 3.8) is 0 Å². The molecule has 1 aromatic carbocycles. The second kappa shape index (κ2) is 5.22. The molecule has 0 atom stereocenters. The molecule has 0 amide bonds. The molecule has 0 saturated heterocycles. The SMILES string of the molecule is Cc1nccn1CCNc1ccc2c(c1)OCCO2. The highest BCUT2D eigenvalue weighted by Crippen LogP contribution is 2.32. The summed E-state index contributed by atoms with van der Waals surface area (Å²) >= 11 is 0. The first-order valence-corrected chi connectivity index (χ1v) is 6.44. The molecule has 1 aliphatic rings. The van der Waals surface area contributed by atoms with Crippen LogP contribution in [0.15, 0.2) is 30.6 Å². The number of imidazole rings is 1. The van der Waals surface area contributed by atoms with Crippen LogP contribution in [-0.4, -0.2) is 29.3 Å². The quantitative estimate of drug-likeness (QED) is 0.913. The van der Waals surface area contributed by atoms with Crippen LogP contribution >= 0.6 is 0 Å². The minimum Gasteiger partial charge on any atom is -0.486 e. The lowest BCUT2D eigenvalue weighted by molar-refractivity contribution is 0.171. The van der Waals surface area contributed by atoms with Crippen LogP contribution in [0, 0.1) is 6.92 Å². The molecule has 2 aromatic rings. The molecule has 0 saturated carbocycles. The van der Waals surface area contributed by atoms with E-state index in [1.54, 1.807) is 0 Å². The van der Waals surface area contributed by atoms with E-state index in [1.807, 2.05) is 37.5 Å². The third kappa shape index (κ3) is 2.65. The Balaban J connectivity index is 1.59. The van der Waals surface area contributed by atoms with Crippen LogP contribution in [0.25, 0.3) is 0 Å². The second-order valence-electron chi connectivity index (χ2n) is 4.45. The van der Waals surface area contributed by atoms with Crippen LogP contribution in [0.3, 0.4) is 0 Å². The normalized spacial score (nSPS) is 13.3. The van der Waals surface area contributed by atoms with Crippen molar-refractivity contribution in [3.05, 3.63) is 36.4 Å². The molecular formula is C14H17N3O2. The number of ether oxygens (including phenoxy) is 2. The number of hydrogen-bond acceptors (Lipinski definition) is 4. The van der Waals surface area contributed by atoms with Gasteiger partial charge in [-0.1, -0.05) is 0 Å². The topological polar surface area (TPSA) is 48.3 Å². The average molecular weight is 259 g/mol. The highest BCUT2D eigenvalue weighted by atomic mass is 16.6. The van der Waals surface area contributed by atoms with Gasteiger partial charge in [0.15, 0.2) is 11.5 Å². The fourth-order valence-corrected chi connectivity index (χ4v) is 2.11. The van der Waals surface area contributed by atoms with Gasteiger partial charge in [-0.15, -0.1) is 0 Å². The van der Waals surface area contributed by atoms with Crippen LogP contribution in [-0.2, 0) is 6.54 Å². The van der Waals surface area contributed by atoms with Crippen LogP contribution in [0.5, 0.6) is 11.5 Å². The van der Waals surface area contributed by atoms with Gasteiger partial charge in [-0.2, -0.15) is 0 Å². The van der Waals surface area contributed by atoms with Gasteiger partial charge in [0.2, 0.25) is 0 Å². The minimum absolute atomic E-state index is 0.616. The number of hydrogen-bond donors (Lipinski definition) is 1. The monoisotopic (exact) mass is 259 g/mol. The molecule has 3 rings (SSSR count). The molecule has 5 nitrogen and oxygen atoms in total. The van der Waals surface area contributed by atoms with E-state index in [0.29, 0.717) is 13.2 Å². The number of benzene rings is 1. The average Bonchev–Trinajstić information content (AvgIpc) is 2.84. The molecule has 1 aromatic heterocycles. The third-order valence-electron chi connectivity index (χ3n) is 3.15. The van der Waals surface area contributed by atoms with E-state index < -0.39 is 0 Å². The zero-order valence-corrected chi connectivity index (χ0v) is 10.9. The Bertz CT molecular complexity index is 566. The Labute approximate surface area is 112 Å². The van der Waals surface area contributed by atoms with Gasteiger partial charge in [0.05, 0.1) is 0 Å². The molecule has 0 bridgehead atoms. The van der Waals surface area contributed by atoms with Crippen molar-refractivity contribution in [1.82, 2.24) is 9.55 Å². The smallest absolute Gasteiger partial charge is 0.163 e. The largest absolute Gasteiger partial charge is 0.486 e. The Morgan fingerprint density at radius 2 is 2.11 bits per heavy atom. The maximum Gasteiger partial charge on any atom is 0.163 e. The number of aromatic nitrogens is 2. The first-order valence-electron chi connectivity index (χ1n) is 6.44. The summed E-state index contributed by atoms with van der Waals surface area (Å²) < 4.78 is 13.2. The summed E-state index contributed by atoms with van der Waals surface area (Å²) in [5.74, 6) is 2.67. The third-order valence-corrected chi connectivity index (χ3v) is 3.15. The summed E-state index contributed by atoms with van der Waals surface area (Å²) in [6.45, 7) is 4.98. The molecule has 5 heteroatoms. The Kier molecular flexibility index (Phi) is 3.27. The van der Waals surface area contributed by atoms with Crippen LogP contribution in [0.1, 0.15) is 5.82 Å². The van der Waals surface area contributed by atoms with Crippen molar-refractivity contribution in [2.24, 2.45) is 0 Å². The first kappa shape index (κ1) is 11.9. The molecule has 19 heavy (non-hydrogen) atoms. The predicted octanol–water partition coefficient (Wildman–Crippen LogP) is 2.07. The van der Waals surface area contributed by atoms with Crippen molar-refractivity contribution in [2.75, 3.05) is 25.1 Å². The molecule has 0 radical (unpaired) electrons. The zero-order valence-electron chi connectivity index (χ0n) is 10.9. The molecule has 2 heterocycles. The van der Waals surface area contributed by atoms with Crippen molar-refractivity contribution < 1.29 is 9.47 Å². The van der Waals surface area contributed by atoms with E-state index in [1.165, 1.54) is 0 Å². The van der Waals surface area contributed by atoms with E-state index in [-0.39, 0.29) is 0 Å². The van der Waals surface area contributed by atoms with Gasteiger partial charge in [-0.05, 0) is 19.1 Å². The number of fused-ring (bicyclic) bond motifs is 1. The molecule has 0 fully saturated rings. The van der Waals surface area contributed by atoms with Crippen molar-refractivity contribution >= 4 is 5.69 Å². The van der Waals surface area contributed by atoms with E-state index in [9.17, 15) is 0 Å². The lowest BCUT2D eigenvalue weighted by Gasteiger charge is -2.19. The van der Waals surface area contributed by atoms with E-state index in [0.717, 1.165) is 36.1 Å². The van der Waals surface area contributed by atoms with E-state index >= 15 is 0 Å². The Hall–Kier alpha value is -2.17. The summed E-state index contributed by atoms with van der Waals surface area (Å²) in [7, 11) is 0. The number of nitrogens with zero attached hydrogens (tertiary/aromatic N) is 2. The number of anilines is 1. The molecule has 0 spiro atoms. The molecule has 0 aliphatic carbocycles. The highest BCUT2D eigenvalue weighted by Gasteiger charge is 2.11. The van der Waals surface area contributed by atoms with Gasteiger partial charge in [0, 0.05) is 37.2 Å². The van der Waals surface area contributed by atoms with E-state index in [4.69, 9.17) is 9.47 Å². The molecular weight excluding hydrogens is 242 g/mol. The van der Waals surface area contributed by atoms with Gasteiger partial charge in [-0.3, -0.25) is 0 Å². The lowest BCUT2D eigenvalue weighted by Crippen LogP contribution is -2.16. The van der Waals surface area contributed by atoms with Gasteiger partial charge in [0.1, 0.15) is 19.0 Å². The molecule has 1 N–H and O–H groups in total. The Morgan fingerprint density at radius 3 is 2.89 bits per heavy atom. The van der Waals surface area contributed by atoms with Gasteiger partial charge < -0.3 is 19.4 Å². The van der Waals surface area contributed by atoms with Crippen LogP contribution in [0.2, 0.25) is 0 Å². The van der Waals surface area contributed by atoms with Gasteiger partial charge >= 0.3 is 0 Å². The maximum atomic E-state index is 5.56. The minimum atomic E-state index is 0.616. The highest BCUT2D eigenvalue weighted by molar-refractivity contribution is 5.55. The Morgan fingerprint density at radius 1 is 1.26 bits per heavy atom. The van der Waals surface area contributed by atoms with Crippen molar-refractivity contribution in [2.45, 2.75) is 13.5 Å². The maximum absolute atomic E-state index is 5.56. The summed E-state index contributed by atoms with van der Waals surface area (Å²) in [6.07, 6.45) is 3.81. The fourth-order valence-electron chi connectivity index (χ4n) is 2.11. The summed E-state index contributed by atoms with van der Waals surface area (Å²) in [5.41, 5.74) is 1.04. The fraction of sp³-hybridized carbons (Fsp3) is 0.357. The van der Waals surface area contributed by atoms with E-state index in [2.05, 4.69) is 14.9 Å². The van der Waals surface area contributed by atoms with Gasteiger partial charge in [0.25, 0.3) is 0 Å². The van der Waals surface area contributed by atoms with Crippen molar-refractivity contribution in [3.8, 4) is 11.5 Å². The molecule has 0 unspecified atom stereocenters. The number of aryl methyl sites for hydroxylation is 1. The van der Waals surface area contributed by atoms with Crippen molar-refractivity contribution in [1.29, 1.82) is 0 Å². The number of nitrogens with one attached hydrogen (secondary N) is 1. The summed E-state index contributed by atoms with van der Waals surface area (Å²) in [5, 5.41) is 3.38. The van der Waals surface area contributed by atoms with Gasteiger partial charge in [-0.25, -0.2) is 4.98 Å². The summed E-state index contributed by atoms with van der Waals surface area (Å²) in [6, 6.07) is 5.93. The van der Waals surface area contributed by atoms with Crippen LogP contribution in [0.4, 0.5) is 5.69 Å². The zero-order chi connectivity index (χ0) is 13.1. The molecule has 100 valence electrons. The number of rotatable bonds is 4. The summed E-state index contributed by atoms with van der Waals surface area (Å²) in [4.78, 5) is 4.20. The first-order chi connectivity index (χ1) is 9.33.